The van der Waals surface area contributed by atoms with Gasteiger partial charge in [0.25, 0.3) is 0 Å². The second kappa shape index (κ2) is 7.19. The highest BCUT2D eigenvalue weighted by Gasteiger charge is 2.16. The highest BCUT2D eigenvalue weighted by atomic mass is 16.5. The van der Waals surface area contributed by atoms with Crippen LogP contribution in [0, 0.1) is 28.6 Å². The minimum atomic E-state index is -0.442. The number of benzene rings is 1. The molecule has 0 radical (unpaired) electrons. The second-order valence-corrected chi connectivity index (χ2v) is 4.82. The first-order chi connectivity index (χ1) is 10.7. The van der Waals surface area contributed by atoms with Crippen molar-refractivity contribution in [2.75, 3.05) is 20.8 Å². The van der Waals surface area contributed by atoms with Crippen LogP contribution in [0.15, 0.2) is 42.2 Å². The molecule has 5 heteroatoms. The average molecular weight is 295 g/mol. The number of methoxy groups -OCH3 is 2. The smallest absolute Gasteiger partial charge is 0.160 e. The standard InChI is InChI=1S/C17H17N3O2/c1-21-16-4-3-13(9-17(16)22-2)5-7-20-8-6-14(10-18)15(11-19)12-20/h3-4,6,8-9,12,14H,5,7H2,1-2H3/t14-/m1/s1. The predicted octanol–water partition coefficient (Wildman–Crippen LogP) is 2.62. The molecule has 22 heavy (non-hydrogen) atoms. The predicted molar refractivity (Wildman–Crippen MR) is 81.9 cm³/mol. The van der Waals surface area contributed by atoms with E-state index in [9.17, 15) is 0 Å². The minimum absolute atomic E-state index is 0.442. The molecule has 112 valence electrons. The van der Waals surface area contributed by atoms with Gasteiger partial charge in [0.2, 0.25) is 0 Å². The van der Waals surface area contributed by atoms with Crippen molar-refractivity contribution in [2.45, 2.75) is 6.42 Å². The number of hydrogen-bond donors (Lipinski definition) is 0. The Labute approximate surface area is 130 Å². The third-order valence-corrected chi connectivity index (χ3v) is 3.48. The summed E-state index contributed by atoms with van der Waals surface area (Å²) in [6.45, 7) is 0.718. The molecule has 0 unspecified atom stereocenters. The van der Waals surface area contributed by atoms with Crippen molar-refractivity contribution in [1.82, 2.24) is 4.90 Å². The van der Waals surface area contributed by atoms with Gasteiger partial charge in [-0.25, -0.2) is 0 Å². The molecule has 0 amide bonds. The van der Waals surface area contributed by atoms with E-state index in [4.69, 9.17) is 20.0 Å². The number of nitriles is 2. The molecule has 1 heterocycles. The Balaban J connectivity index is 2.04. The Hall–Kier alpha value is -2.92. The molecule has 5 nitrogen and oxygen atoms in total. The second-order valence-electron chi connectivity index (χ2n) is 4.82. The zero-order valence-corrected chi connectivity index (χ0v) is 12.6. The van der Waals surface area contributed by atoms with Crippen LogP contribution in [0.25, 0.3) is 0 Å². The van der Waals surface area contributed by atoms with Gasteiger partial charge >= 0.3 is 0 Å². The third kappa shape index (κ3) is 3.39. The molecule has 1 aromatic carbocycles. The molecule has 0 fully saturated rings. The summed E-state index contributed by atoms with van der Waals surface area (Å²) in [7, 11) is 3.22. The summed E-state index contributed by atoms with van der Waals surface area (Å²) in [6, 6.07) is 9.98. The Morgan fingerprint density at radius 1 is 1.18 bits per heavy atom. The molecular formula is C17H17N3O2. The summed E-state index contributed by atoms with van der Waals surface area (Å²) in [5.41, 5.74) is 1.58. The van der Waals surface area contributed by atoms with Gasteiger partial charge in [0.05, 0.1) is 31.9 Å². The van der Waals surface area contributed by atoms with E-state index in [-0.39, 0.29) is 0 Å². The van der Waals surface area contributed by atoms with E-state index in [0.29, 0.717) is 17.1 Å². The number of allylic oxidation sites excluding steroid dienone is 2. The maximum atomic E-state index is 9.06. The van der Waals surface area contributed by atoms with Crippen molar-refractivity contribution in [2.24, 2.45) is 5.92 Å². The van der Waals surface area contributed by atoms with Crippen LogP contribution in [0.3, 0.4) is 0 Å². The van der Waals surface area contributed by atoms with Crippen molar-refractivity contribution in [3.63, 3.8) is 0 Å². The summed E-state index contributed by atoms with van der Waals surface area (Å²) >= 11 is 0. The molecule has 0 saturated carbocycles. The van der Waals surface area contributed by atoms with Crippen molar-refractivity contribution in [1.29, 1.82) is 10.5 Å². The quantitative estimate of drug-likeness (QED) is 0.835. The number of hydrogen-bond acceptors (Lipinski definition) is 5. The summed E-state index contributed by atoms with van der Waals surface area (Å²) in [5.74, 6) is 0.960. The van der Waals surface area contributed by atoms with Gasteiger partial charge in [-0.05, 0) is 30.2 Å². The van der Waals surface area contributed by atoms with Gasteiger partial charge in [0, 0.05) is 18.9 Å². The van der Waals surface area contributed by atoms with Crippen LogP contribution in [0.2, 0.25) is 0 Å². The number of rotatable bonds is 5. The molecule has 0 saturated heterocycles. The van der Waals surface area contributed by atoms with Gasteiger partial charge in [-0.15, -0.1) is 0 Å². The van der Waals surface area contributed by atoms with E-state index in [2.05, 4.69) is 12.1 Å². The normalized spacial score (nSPS) is 16.5. The lowest BCUT2D eigenvalue weighted by atomic mass is 10.0. The maximum Gasteiger partial charge on any atom is 0.160 e. The molecule has 1 aliphatic rings. The monoisotopic (exact) mass is 295 g/mol. The lowest BCUT2D eigenvalue weighted by Crippen LogP contribution is -2.19. The molecule has 1 atom stereocenters. The highest BCUT2D eigenvalue weighted by molar-refractivity contribution is 5.43. The summed E-state index contributed by atoms with van der Waals surface area (Å²) in [6.07, 6.45) is 6.11. The first-order valence-corrected chi connectivity index (χ1v) is 6.88. The summed E-state index contributed by atoms with van der Waals surface area (Å²) in [5, 5.41) is 18.0. The summed E-state index contributed by atoms with van der Waals surface area (Å²) < 4.78 is 10.5. The first-order valence-electron chi connectivity index (χ1n) is 6.88. The fourth-order valence-electron chi connectivity index (χ4n) is 2.25. The van der Waals surface area contributed by atoms with Crippen molar-refractivity contribution >= 4 is 0 Å². The van der Waals surface area contributed by atoms with E-state index in [0.717, 1.165) is 18.5 Å². The van der Waals surface area contributed by atoms with E-state index in [1.807, 2.05) is 29.3 Å². The van der Waals surface area contributed by atoms with E-state index < -0.39 is 5.92 Å². The van der Waals surface area contributed by atoms with Gasteiger partial charge in [-0.1, -0.05) is 6.07 Å². The van der Waals surface area contributed by atoms with Crippen molar-refractivity contribution in [3.8, 4) is 23.6 Å². The zero-order valence-electron chi connectivity index (χ0n) is 12.6. The molecular weight excluding hydrogens is 278 g/mol. The van der Waals surface area contributed by atoms with Gasteiger partial charge < -0.3 is 14.4 Å². The topological polar surface area (TPSA) is 69.3 Å². The Kier molecular flexibility index (Phi) is 5.06. The first kappa shape index (κ1) is 15.5. The van der Waals surface area contributed by atoms with Crippen LogP contribution in [0.4, 0.5) is 0 Å². The fraction of sp³-hybridized carbons (Fsp3) is 0.294. The molecule has 0 N–H and O–H groups in total. The maximum absolute atomic E-state index is 9.06. The van der Waals surface area contributed by atoms with Crippen LogP contribution in [0.5, 0.6) is 11.5 Å². The molecule has 0 spiro atoms. The Morgan fingerprint density at radius 2 is 1.95 bits per heavy atom. The van der Waals surface area contributed by atoms with E-state index in [1.165, 1.54) is 0 Å². The van der Waals surface area contributed by atoms with E-state index in [1.54, 1.807) is 26.5 Å². The fourth-order valence-corrected chi connectivity index (χ4v) is 2.25. The van der Waals surface area contributed by atoms with Gasteiger partial charge in [-0.2, -0.15) is 10.5 Å². The van der Waals surface area contributed by atoms with Gasteiger partial charge in [0.1, 0.15) is 5.92 Å². The Bertz CT molecular complexity index is 680. The van der Waals surface area contributed by atoms with E-state index >= 15 is 0 Å². The largest absolute Gasteiger partial charge is 0.493 e. The van der Waals surface area contributed by atoms with Crippen molar-refractivity contribution in [3.05, 3.63) is 47.8 Å². The average Bonchev–Trinajstić information content (AvgIpc) is 2.59. The SMILES string of the molecule is COc1ccc(CCN2C=C[C@H](C#N)C(C#N)=C2)cc1OC. The third-order valence-electron chi connectivity index (χ3n) is 3.48. The Morgan fingerprint density at radius 3 is 2.59 bits per heavy atom. The molecule has 1 aliphatic heterocycles. The van der Waals surface area contributed by atoms with Gasteiger partial charge in [-0.3, -0.25) is 0 Å². The lowest BCUT2D eigenvalue weighted by molar-refractivity contribution is 0.354. The van der Waals surface area contributed by atoms with Crippen LogP contribution >= 0.6 is 0 Å². The number of ether oxygens (including phenoxy) is 2. The van der Waals surface area contributed by atoms with Crippen LogP contribution in [-0.4, -0.2) is 25.7 Å². The molecule has 0 aromatic heterocycles. The lowest BCUT2D eigenvalue weighted by Gasteiger charge is -2.21. The molecule has 2 rings (SSSR count). The zero-order chi connectivity index (χ0) is 15.9. The number of nitrogens with zero attached hydrogens (tertiary/aromatic N) is 3. The molecule has 0 bridgehead atoms. The highest BCUT2D eigenvalue weighted by Crippen LogP contribution is 2.28. The molecule has 1 aromatic rings. The van der Waals surface area contributed by atoms with Crippen LogP contribution in [0.1, 0.15) is 5.56 Å². The summed E-state index contributed by atoms with van der Waals surface area (Å²) in [4.78, 5) is 1.92. The van der Waals surface area contributed by atoms with Gasteiger partial charge in [0.15, 0.2) is 11.5 Å². The minimum Gasteiger partial charge on any atom is -0.493 e. The van der Waals surface area contributed by atoms with Crippen LogP contribution < -0.4 is 9.47 Å². The van der Waals surface area contributed by atoms with Crippen molar-refractivity contribution < 1.29 is 9.47 Å². The molecule has 0 aliphatic carbocycles. The van der Waals surface area contributed by atoms with Crippen LogP contribution in [-0.2, 0) is 6.42 Å².